The third-order valence-corrected chi connectivity index (χ3v) is 3.92. The fourth-order valence-corrected chi connectivity index (χ4v) is 2.91. The van der Waals surface area contributed by atoms with E-state index in [1.165, 1.54) is 16.7 Å². The maximum absolute atomic E-state index is 13.3. The van der Waals surface area contributed by atoms with Gasteiger partial charge in [-0.15, -0.1) is 0 Å². The van der Waals surface area contributed by atoms with E-state index in [1.807, 2.05) is 0 Å². The van der Waals surface area contributed by atoms with Crippen molar-refractivity contribution in [1.29, 1.82) is 0 Å². The van der Waals surface area contributed by atoms with E-state index in [9.17, 15) is 9.18 Å². The van der Waals surface area contributed by atoms with Gasteiger partial charge in [-0.2, -0.15) is 0 Å². The number of aromatic nitrogens is 1. The Bertz CT molecular complexity index is 695. The minimum Gasteiger partial charge on any atom is -0.376 e. The van der Waals surface area contributed by atoms with Crippen LogP contribution in [0.2, 0.25) is 0 Å². The van der Waals surface area contributed by atoms with E-state index in [-0.39, 0.29) is 11.7 Å². The molecule has 1 aromatic carbocycles. The highest BCUT2D eigenvalue weighted by atomic mass is 79.9. The van der Waals surface area contributed by atoms with Gasteiger partial charge in [0.15, 0.2) is 0 Å². The largest absolute Gasteiger partial charge is 0.376 e. The third kappa shape index (κ3) is 2.63. The second kappa shape index (κ2) is 5.63. The van der Waals surface area contributed by atoms with E-state index in [4.69, 9.17) is 9.47 Å². The molecule has 1 aromatic heterocycles. The van der Waals surface area contributed by atoms with Crippen LogP contribution < -0.4 is 5.56 Å². The van der Waals surface area contributed by atoms with Crippen molar-refractivity contribution in [3.8, 4) is 0 Å². The lowest BCUT2D eigenvalue weighted by Gasteiger charge is -2.23. The Balaban J connectivity index is 2.02. The quantitative estimate of drug-likeness (QED) is 0.841. The summed E-state index contributed by atoms with van der Waals surface area (Å²) in [4.78, 5) is 12.4. The Morgan fingerprint density at radius 3 is 2.95 bits per heavy atom. The smallest absolute Gasteiger partial charge is 0.258 e. The molecule has 1 saturated heterocycles. The van der Waals surface area contributed by atoms with Crippen LogP contribution >= 0.6 is 15.9 Å². The van der Waals surface area contributed by atoms with Crippen molar-refractivity contribution in [2.75, 3.05) is 19.8 Å². The Hall–Kier alpha value is -1.24. The standard InChI is InChI=1S/C14H13BrFNO3/c15-13-7-17(6-10-8-19-3-4-20-10)14(18)12-5-9(16)1-2-11(12)13/h1-2,5,7,10H,3-4,6,8H2. The monoisotopic (exact) mass is 341 g/mol. The number of ether oxygens (including phenoxy) is 2. The zero-order chi connectivity index (χ0) is 14.1. The molecule has 0 saturated carbocycles. The van der Waals surface area contributed by atoms with Gasteiger partial charge in [-0.1, -0.05) is 6.07 Å². The van der Waals surface area contributed by atoms with Crippen molar-refractivity contribution in [3.63, 3.8) is 0 Å². The zero-order valence-electron chi connectivity index (χ0n) is 10.6. The van der Waals surface area contributed by atoms with Gasteiger partial charge in [-0.3, -0.25) is 4.79 Å². The Labute approximate surface area is 123 Å². The van der Waals surface area contributed by atoms with Crippen LogP contribution in [0.15, 0.2) is 33.7 Å². The summed E-state index contributed by atoms with van der Waals surface area (Å²) >= 11 is 3.42. The number of hydrogen-bond donors (Lipinski definition) is 0. The number of nitrogens with zero attached hydrogens (tertiary/aromatic N) is 1. The first-order valence-electron chi connectivity index (χ1n) is 6.33. The predicted molar refractivity (Wildman–Crippen MR) is 76.4 cm³/mol. The number of rotatable bonds is 2. The molecule has 1 aliphatic heterocycles. The lowest BCUT2D eigenvalue weighted by molar-refractivity contribution is -0.0938. The summed E-state index contributed by atoms with van der Waals surface area (Å²) in [6.45, 7) is 1.97. The second-order valence-electron chi connectivity index (χ2n) is 4.69. The Kier molecular flexibility index (Phi) is 3.87. The van der Waals surface area contributed by atoms with Crippen molar-refractivity contribution in [2.45, 2.75) is 12.6 Å². The summed E-state index contributed by atoms with van der Waals surface area (Å²) in [5, 5.41) is 1.06. The molecule has 3 rings (SSSR count). The minimum absolute atomic E-state index is 0.153. The van der Waals surface area contributed by atoms with Gasteiger partial charge in [-0.05, 0) is 28.1 Å². The van der Waals surface area contributed by atoms with Gasteiger partial charge in [0.25, 0.3) is 5.56 Å². The molecule has 0 aliphatic carbocycles. The van der Waals surface area contributed by atoms with Crippen LogP contribution in [0.1, 0.15) is 0 Å². The van der Waals surface area contributed by atoms with Crippen LogP contribution in [0.4, 0.5) is 4.39 Å². The molecule has 106 valence electrons. The SMILES string of the molecule is O=c1c2cc(F)ccc2c(Br)cn1CC1COCCO1. The second-order valence-corrected chi connectivity index (χ2v) is 5.55. The van der Waals surface area contributed by atoms with Crippen LogP contribution in [0, 0.1) is 5.82 Å². The summed E-state index contributed by atoms with van der Waals surface area (Å²) in [5.74, 6) is -0.420. The Morgan fingerprint density at radius 2 is 2.20 bits per heavy atom. The van der Waals surface area contributed by atoms with Gasteiger partial charge in [0.1, 0.15) is 5.82 Å². The van der Waals surface area contributed by atoms with E-state index in [0.29, 0.717) is 37.1 Å². The van der Waals surface area contributed by atoms with Gasteiger partial charge in [-0.25, -0.2) is 4.39 Å². The molecule has 0 amide bonds. The van der Waals surface area contributed by atoms with Crippen LogP contribution in [-0.4, -0.2) is 30.5 Å². The molecule has 2 aromatic rings. The van der Waals surface area contributed by atoms with E-state index < -0.39 is 5.82 Å². The maximum atomic E-state index is 13.3. The first-order chi connectivity index (χ1) is 9.65. The molecule has 0 radical (unpaired) electrons. The average Bonchev–Trinajstić information content (AvgIpc) is 2.45. The summed E-state index contributed by atoms with van der Waals surface area (Å²) in [6, 6.07) is 4.20. The van der Waals surface area contributed by atoms with E-state index in [1.54, 1.807) is 12.3 Å². The van der Waals surface area contributed by atoms with E-state index >= 15 is 0 Å². The first kappa shape index (κ1) is 13.7. The number of hydrogen-bond acceptors (Lipinski definition) is 3. The lowest BCUT2D eigenvalue weighted by Crippen LogP contribution is -2.35. The average molecular weight is 342 g/mol. The molecular weight excluding hydrogens is 329 g/mol. The molecule has 0 spiro atoms. The van der Waals surface area contributed by atoms with Crippen molar-refractivity contribution in [1.82, 2.24) is 4.57 Å². The van der Waals surface area contributed by atoms with E-state index in [2.05, 4.69) is 15.9 Å². The van der Waals surface area contributed by atoms with Crippen LogP contribution in [0.5, 0.6) is 0 Å². The molecule has 1 atom stereocenters. The van der Waals surface area contributed by atoms with Crippen molar-refractivity contribution in [2.24, 2.45) is 0 Å². The lowest BCUT2D eigenvalue weighted by atomic mass is 10.1. The topological polar surface area (TPSA) is 40.5 Å². The summed E-state index contributed by atoms with van der Waals surface area (Å²) < 4.78 is 26.5. The highest BCUT2D eigenvalue weighted by molar-refractivity contribution is 9.10. The number of fused-ring (bicyclic) bond motifs is 1. The molecule has 1 fully saturated rings. The van der Waals surface area contributed by atoms with Gasteiger partial charge in [0.05, 0.1) is 37.9 Å². The van der Waals surface area contributed by atoms with Gasteiger partial charge in [0, 0.05) is 16.1 Å². The fourth-order valence-electron chi connectivity index (χ4n) is 2.32. The van der Waals surface area contributed by atoms with Crippen molar-refractivity contribution in [3.05, 3.63) is 45.0 Å². The van der Waals surface area contributed by atoms with Crippen LogP contribution in [0.25, 0.3) is 10.8 Å². The first-order valence-corrected chi connectivity index (χ1v) is 7.12. The summed E-state index contributed by atoms with van der Waals surface area (Å²) in [5.41, 5.74) is -0.225. The highest BCUT2D eigenvalue weighted by Gasteiger charge is 2.17. The molecule has 1 unspecified atom stereocenters. The normalized spacial score (nSPS) is 19.4. The maximum Gasteiger partial charge on any atom is 0.258 e. The Morgan fingerprint density at radius 1 is 1.35 bits per heavy atom. The number of halogens is 2. The van der Waals surface area contributed by atoms with Crippen molar-refractivity contribution >= 4 is 26.7 Å². The highest BCUT2D eigenvalue weighted by Crippen LogP contribution is 2.22. The van der Waals surface area contributed by atoms with Gasteiger partial charge in [0.2, 0.25) is 0 Å². The molecule has 6 heteroatoms. The van der Waals surface area contributed by atoms with Crippen LogP contribution in [-0.2, 0) is 16.0 Å². The minimum atomic E-state index is -0.420. The van der Waals surface area contributed by atoms with Crippen molar-refractivity contribution < 1.29 is 13.9 Å². The summed E-state index contributed by atoms with van der Waals surface area (Å²) in [7, 11) is 0. The molecule has 1 aliphatic rings. The van der Waals surface area contributed by atoms with E-state index in [0.717, 1.165) is 4.47 Å². The molecule has 0 N–H and O–H groups in total. The summed E-state index contributed by atoms with van der Waals surface area (Å²) in [6.07, 6.45) is 1.56. The molecular formula is C14H13BrFNO3. The number of benzene rings is 1. The zero-order valence-corrected chi connectivity index (χ0v) is 12.2. The third-order valence-electron chi connectivity index (χ3n) is 3.28. The molecule has 0 bridgehead atoms. The number of pyridine rings is 1. The molecule has 20 heavy (non-hydrogen) atoms. The predicted octanol–water partition coefficient (Wildman–Crippen LogP) is 2.32. The molecule has 4 nitrogen and oxygen atoms in total. The van der Waals surface area contributed by atoms with Gasteiger partial charge < -0.3 is 14.0 Å². The fraction of sp³-hybridized carbons (Fsp3) is 0.357. The van der Waals surface area contributed by atoms with Crippen LogP contribution in [0.3, 0.4) is 0 Å². The molecule has 2 heterocycles. The van der Waals surface area contributed by atoms with Gasteiger partial charge >= 0.3 is 0 Å².